The summed E-state index contributed by atoms with van der Waals surface area (Å²) in [6, 6.07) is 6.18. The van der Waals surface area contributed by atoms with Crippen molar-refractivity contribution in [3.8, 4) is 0 Å². The van der Waals surface area contributed by atoms with Gasteiger partial charge in [0.05, 0.1) is 5.56 Å². The average Bonchev–Trinajstić information content (AvgIpc) is 2.91. The fourth-order valence-corrected chi connectivity index (χ4v) is 1.86. The van der Waals surface area contributed by atoms with Crippen molar-refractivity contribution < 1.29 is 18.8 Å². The van der Waals surface area contributed by atoms with Crippen molar-refractivity contribution in [3.05, 3.63) is 51.8 Å². The number of aromatic amines is 1. The molecule has 0 unspecified atom stereocenters. The second-order valence-corrected chi connectivity index (χ2v) is 6.13. The highest BCUT2D eigenvalue weighted by atomic mass is 16.6. The van der Waals surface area contributed by atoms with E-state index in [9.17, 15) is 14.4 Å². The Bertz CT molecular complexity index is 768. The van der Waals surface area contributed by atoms with E-state index in [1.165, 1.54) is 12.1 Å². The minimum absolute atomic E-state index is 0.287. The van der Waals surface area contributed by atoms with Crippen molar-refractivity contribution in [2.24, 2.45) is 0 Å². The van der Waals surface area contributed by atoms with Gasteiger partial charge in [0.1, 0.15) is 5.60 Å². The third-order valence-corrected chi connectivity index (χ3v) is 2.91. The number of amides is 1. The number of ether oxygens (including phenoxy) is 1. The predicted molar refractivity (Wildman–Crippen MR) is 84.8 cm³/mol. The zero-order chi connectivity index (χ0) is 17.7. The predicted octanol–water partition coefficient (Wildman–Crippen LogP) is 1.29. The first-order valence-corrected chi connectivity index (χ1v) is 7.41. The Morgan fingerprint density at radius 1 is 1.21 bits per heavy atom. The molecule has 2 aromatic rings. The van der Waals surface area contributed by atoms with Gasteiger partial charge < -0.3 is 10.1 Å². The lowest BCUT2D eigenvalue weighted by Gasteiger charge is -2.19. The topological polar surface area (TPSA) is 114 Å². The van der Waals surface area contributed by atoms with Crippen LogP contribution in [0.5, 0.6) is 0 Å². The summed E-state index contributed by atoms with van der Waals surface area (Å²) in [6.07, 6.45) is 0.341. The highest BCUT2D eigenvalue weighted by Crippen LogP contribution is 2.13. The number of rotatable bonds is 5. The van der Waals surface area contributed by atoms with Gasteiger partial charge in [0.15, 0.2) is 5.82 Å². The zero-order valence-corrected chi connectivity index (χ0v) is 13.7. The van der Waals surface area contributed by atoms with Gasteiger partial charge >= 0.3 is 11.7 Å². The smallest absolute Gasteiger partial charge is 0.438 e. The summed E-state index contributed by atoms with van der Waals surface area (Å²) in [6.45, 7) is 5.65. The van der Waals surface area contributed by atoms with Crippen LogP contribution in [-0.4, -0.2) is 34.2 Å². The van der Waals surface area contributed by atoms with Gasteiger partial charge in [-0.1, -0.05) is 5.16 Å². The number of benzene rings is 1. The molecule has 128 valence electrons. The van der Waals surface area contributed by atoms with Crippen molar-refractivity contribution >= 4 is 11.9 Å². The molecule has 0 aliphatic carbocycles. The molecule has 8 heteroatoms. The molecule has 0 aliphatic heterocycles. The Hall–Kier alpha value is -2.90. The maximum absolute atomic E-state index is 12.0. The van der Waals surface area contributed by atoms with E-state index in [1.807, 2.05) is 0 Å². The van der Waals surface area contributed by atoms with Crippen LogP contribution in [0.25, 0.3) is 0 Å². The lowest BCUT2D eigenvalue weighted by molar-refractivity contribution is 0.00693. The lowest BCUT2D eigenvalue weighted by atomic mass is 10.1. The standard InChI is InChI=1S/C16H19N3O5/c1-16(2,3)23-14(21)11-6-4-10(5-7-11)13(20)17-9-8-12-18-15(22)24-19-12/h4-7H,8-9H2,1-3H3,(H,17,20)(H,18,19,22). The first-order valence-electron chi connectivity index (χ1n) is 7.41. The minimum atomic E-state index is -0.631. The van der Waals surface area contributed by atoms with Gasteiger partial charge in [0, 0.05) is 18.5 Å². The van der Waals surface area contributed by atoms with Gasteiger partial charge in [0.25, 0.3) is 5.91 Å². The number of carbonyl (C=O) groups excluding carboxylic acids is 2. The van der Waals surface area contributed by atoms with Gasteiger partial charge in [-0.05, 0) is 45.0 Å². The Balaban J connectivity index is 1.88. The first kappa shape index (κ1) is 17.5. The van der Waals surface area contributed by atoms with Crippen LogP contribution < -0.4 is 11.1 Å². The number of nitrogens with one attached hydrogen (secondary N) is 2. The number of H-pyrrole nitrogens is 1. The highest BCUT2D eigenvalue weighted by Gasteiger charge is 2.18. The Labute approximate surface area is 138 Å². The van der Waals surface area contributed by atoms with Gasteiger partial charge in [-0.2, -0.15) is 0 Å². The molecule has 1 heterocycles. The van der Waals surface area contributed by atoms with E-state index in [0.29, 0.717) is 23.4 Å². The van der Waals surface area contributed by atoms with Crippen molar-refractivity contribution in [3.63, 3.8) is 0 Å². The quantitative estimate of drug-likeness (QED) is 0.797. The Morgan fingerprint density at radius 2 is 1.83 bits per heavy atom. The Morgan fingerprint density at radius 3 is 2.38 bits per heavy atom. The monoisotopic (exact) mass is 333 g/mol. The van der Waals surface area contributed by atoms with Crippen molar-refractivity contribution in [1.82, 2.24) is 15.5 Å². The molecule has 0 radical (unpaired) electrons. The number of hydrogen-bond acceptors (Lipinski definition) is 6. The molecule has 1 amide bonds. The molecule has 0 saturated carbocycles. The number of esters is 1. The molecule has 0 fully saturated rings. The summed E-state index contributed by atoms with van der Waals surface area (Å²) in [5, 5.41) is 6.18. The summed E-state index contributed by atoms with van der Waals surface area (Å²) in [4.78, 5) is 37.1. The normalized spacial score (nSPS) is 11.1. The van der Waals surface area contributed by atoms with Crippen LogP contribution in [0.3, 0.4) is 0 Å². The van der Waals surface area contributed by atoms with Crippen LogP contribution in [0.2, 0.25) is 0 Å². The first-order chi connectivity index (χ1) is 11.2. The van der Waals surface area contributed by atoms with E-state index in [1.54, 1.807) is 32.9 Å². The molecular formula is C16H19N3O5. The zero-order valence-electron chi connectivity index (χ0n) is 13.7. The van der Waals surface area contributed by atoms with E-state index in [0.717, 1.165) is 0 Å². The number of hydrogen-bond donors (Lipinski definition) is 2. The van der Waals surface area contributed by atoms with Crippen LogP contribution in [0, 0.1) is 0 Å². The van der Waals surface area contributed by atoms with Gasteiger partial charge in [-0.25, -0.2) is 9.59 Å². The summed E-state index contributed by atoms with van der Waals surface area (Å²) < 4.78 is 9.61. The third kappa shape index (κ3) is 5.08. The molecule has 2 N–H and O–H groups in total. The lowest BCUT2D eigenvalue weighted by Crippen LogP contribution is -2.26. The number of aromatic nitrogens is 2. The molecule has 0 spiro atoms. The van der Waals surface area contributed by atoms with Crippen LogP contribution in [0.15, 0.2) is 33.6 Å². The number of carbonyl (C=O) groups is 2. The maximum atomic E-state index is 12.0. The second-order valence-electron chi connectivity index (χ2n) is 6.13. The van der Waals surface area contributed by atoms with Crippen LogP contribution in [0.4, 0.5) is 0 Å². The highest BCUT2D eigenvalue weighted by molar-refractivity contribution is 5.96. The van der Waals surface area contributed by atoms with Gasteiger partial charge in [-0.15, -0.1) is 0 Å². The molecular weight excluding hydrogens is 314 g/mol. The van der Waals surface area contributed by atoms with E-state index >= 15 is 0 Å². The van der Waals surface area contributed by atoms with Crippen molar-refractivity contribution in [1.29, 1.82) is 0 Å². The van der Waals surface area contributed by atoms with E-state index in [2.05, 4.69) is 20.0 Å². The molecule has 8 nitrogen and oxygen atoms in total. The largest absolute Gasteiger partial charge is 0.456 e. The van der Waals surface area contributed by atoms with Gasteiger partial charge in [-0.3, -0.25) is 14.3 Å². The van der Waals surface area contributed by atoms with E-state index in [-0.39, 0.29) is 12.5 Å². The Kier molecular flexibility index (Phi) is 5.18. The van der Waals surface area contributed by atoms with Crippen LogP contribution in [0.1, 0.15) is 47.3 Å². The van der Waals surface area contributed by atoms with Crippen molar-refractivity contribution in [2.45, 2.75) is 32.8 Å². The summed E-state index contributed by atoms with van der Waals surface area (Å²) in [7, 11) is 0. The van der Waals surface area contributed by atoms with E-state index in [4.69, 9.17) is 4.74 Å². The summed E-state index contributed by atoms with van der Waals surface area (Å²) >= 11 is 0. The molecule has 0 aliphatic rings. The fraction of sp³-hybridized carbons (Fsp3) is 0.375. The second kappa shape index (κ2) is 7.12. The molecule has 2 rings (SSSR count). The molecule has 1 aromatic carbocycles. The van der Waals surface area contributed by atoms with Crippen LogP contribution >= 0.6 is 0 Å². The van der Waals surface area contributed by atoms with Gasteiger partial charge in [0.2, 0.25) is 0 Å². The third-order valence-electron chi connectivity index (χ3n) is 2.91. The molecule has 0 saturated heterocycles. The molecule has 24 heavy (non-hydrogen) atoms. The maximum Gasteiger partial charge on any atom is 0.438 e. The van der Waals surface area contributed by atoms with Crippen LogP contribution in [-0.2, 0) is 11.2 Å². The molecule has 1 aromatic heterocycles. The molecule has 0 atom stereocenters. The SMILES string of the molecule is CC(C)(C)OC(=O)c1ccc(C(=O)NCCc2noc(=O)[nH]2)cc1. The minimum Gasteiger partial charge on any atom is -0.456 e. The van der Waals surface area contributed by atoms with Crippen molar-refractivity contribution in [2.75, 3.05) is 6.54 Å². The number of nitrogens with zero attached hydrogens (tertiary/aromatic N) is 1. The van der Waals surface area contributed by atoms with E-state index < -0.39 is 17.3 Å². The summed E-state index contributed by atoms with van der Waals surface area (Å²) in [5.74, 6) is -1.00. The fourth-order valence-electron chi connectivity index (χ4n) is 1.86. The average molecular weight is 333 g/mol. The molecule has 0 bridgehead atoms. The summed E-state index contributed by atoms with van der Waals surface area (Å²) in [5.41, 5.74) is 0.215.